The highest BCUT2D eigenvalue weighted by molar-refractivity contribution is 5.80. The van der Waals surface area contributed by atoms with E-state index in [1.54, 1.807) is 0 Å². The zero-order valence-electron chi connectivity index (χ0n) is 12.4. The number of hydrogen-bond acceptors (Lipinski definition) is 2. The minimum Gasteiger partial charge on any atom is -0.459 e. The fraction of sp³-hybridized carbons (Fsp3) is 0.500. The van der Waals surface area contributed by atoms with Crippen LogP contribution in [-0.2, 0) is 9.53 Å². The lowest BCUT2D eigenvalue weighted by atomic mass is 9.71. The summed E-state index contributed by atoms with van der Waals surface area (Å²) in [5.41, 5.74) is 0.563. The van der Waals surface area contributed by atoms with Crippen LogP contribution in [0.1, 0.15) is 39.2 Å². The summed E-state index contributed by atoms with van der Waals surface area (Å²) in [6.45, 7) is 6.18. The Labute approximate surface area is 120 Å². The van der Waals surface area contributed by atoms with Gasteiger partial charge in [-0.2, -0.15) is 0 Å². The first-order valence-corrected chi connectivity index (χ1v) is 7.40. The van der Waals surface area contributed by atoms with E-state index in [9.17, 15) is 4.79 Å². The third-order valence-electron chi connectivity index (χ3n) is 5.02. The summed E-state index contributed by atoms with van der Waals surface area (Å²) in [5.74, 6) is 0.687. The second-order valence-electron chi connectivity index (χ2n) is 6.86. The van der Waals surface area contributed by atoms with Gasteiger partial charge in [-0.1, -0.05) is 42.5 Å². The van der Waals surface area contributed by atoms with Crippen molar-refractivity contribution < 1.29 is 9.53 Å². The Bertz CT molecular complexity index is 544. The highest BCUT2D eigenvalue weighted by atomic mass is 16.6. The minimum atomic E-state index is -0.353. The van der Waals surface area contributed by atoms with Crippen LogP contribution in [0.15, 0.2) is 36.4 Å². The molecule has 3 atom stereocenters. The third kappa shape index (κ3) is 1.98. The molecule has 20 heavy (non-hydrogen) atoms. The topological polar surface area (TPSA) is 26.3 Å². The van der Waals surface area contributed by atoms with Crippen LogP contribution in [0.25, 0.3) is 6.08 Å². The Morgan fingerprint density at radius 3 is 2.60 bits per heavy atom. The first-order valence-electron chi connectivity index (χ1n) is 7.40. The van der Waals surface area contributed by atoms with Crippen LogP contribution in [0.5, 0.6) is 0 Å². The van der Waals surface area contributed by atoms with Gasteiger partial charge in [0, 0.05) is 5.92 Å². The minimum absolute atomic E-state index is 0.0110. The Balaban J connectivity index is 1.86. The van der Waals surface area contributed by atoms with Crippen molar-refractivity contribution >= 4 is 12.0 Å². The Hall–Kier alpha value is -1.57. The number of rotatable bonds is 2. The van der Waals surface area contributed by atoms with Crippen LogP contribution in [0, 0.1) is 17.3 Å². The first-order chi connectivity index (χ1) is 9.43. The van der Waals surface area contributed by atoms with E-state index >= 15 is 0 Å². The molecule has 1 saturated heterocycles. The molecule has 1 aromatic carbocycles. The molecule has 3 rings (SSSR count). The van der Waals surface area contributed by atoms with Crippen molar-refractivity contribution in [2.75, 3.05) is 0 Å². The second-order valence-corrected chi connectivity index (χ2v) is 6.86. The monoisotopic (exact) mass is 270 g/mol. The average molecular weight is 270 g/mol. The van der Waals surface area contributed by atoms with Crippen molar-refractivity contribution in [2.24, 2.45) is 17.3 Å². The van der Waals surface area contributed by atoms with Crippen LogP contribution in [0.4, 0.5) is 0 Å². The zero-order chi connectivity index (χ0) is 14.4. The average Bonchev–Trinajstić information content (AvgIpc) is 2.84. The van der Waals surface area contributed by atoms with Gasteiger partial charge in [0.1, 0.15) is 5.60 Å². The molecule has 2 aliphatic rings. The lowest BCUT2D eigenvalue weighted by molar-refractivity contribution is -0.152. The molecule has 0 bridgehead atoms. The molecule has 106 valence electrons. The van der Waals surface area contributed by atoms with E-state index in [1.807, 2.05) is 18.2 Å². The summed E-state index contributed by atoms with van der Waals surface area (Å²) < 4.78 is 5.63. The fourth-order valence-electron chi connectivity index (χ4n) is 4.20. The number of benzene rings is 1. The quantitative estimate of drug-likeness (QED) is 0.757. The summed E-state index contributed by atoms with van der Waals surface area (Å²) in [4.78, 5) is 12.2. The largest absolute Gasteiger partial charge is 0.459 e. The molecular formula is C18H22O2. The standard InChI is InChI=1S/C18H22O2/c1-17(2)15-14(10-9-13-7-5-4-6-8-13)11-12-18(15,3)16(19)20-17/h4-10,14-15H,11-12H2,1-3H3/b10-9+/t14-,15-,18-/m1/s1. The molecule has 0 unspecified atom stereocenters. The van der Waals surface area contributed by atoms with Crippen LogP contribution in [0.3, 0.4) is 0 Å². The molecule has 2 heteroatoms. The number of allylic oxidation sites excluding steroid dienone is 1. The number of hydrogen-bond donors (Lipinski definition) is 0. The maximum Gasteiger partial charge on any atom is 0.312 e. The van der Waals surface area contributed by atoms with E-state index in [4.69, 9.17) is 4.74 Å². The van der Waals surface area contributed by atoms with Gasteiger partial charge in [-0.15, -0.1) is 0 Å². The SMILES string of the molecule is CC1(C)OC(=O)[C@]2(C)CC[C@@H](/C=C/c3ccccc3)[C@H]12. The van der Waals surface area contributed by atoms with Crippen LogP contribution in [-0.4, -0.2) is 11.6 Å². The van der Waals surface area contributed by atoms with E-state index in [0.717, 1.165) is 12.8 Å². The molecule has 1 heterocycles. The van der Waals surface area contributed by atoms with E-state index in [2.05, 4.69) is 45.1 Å². The van der Waals surface area contributed by atoms with Gasteiger partial charge in [-0.3, -0.25) is 4.79 Å². The molecule has 1 aromatic rings. The molecule has 2 fully saturated rings. The van der Waals surface area contributed by atoms with E-state index in [0.29, 0.717) is 5.92 Å². The number of esters is 1. The maximum atomic E-state index is 12.2. The zero-order valence-corrected chi connectivity index (χ0v) is 12.4. The van der Waals surface area contributed by atoms with Crippen molar-refractivity contribution in [3.63, 3.8) is 0 Å². The number of carbonyl (C=O) groups is 1. The lowest BCUT2D eigenvalue weighted by Crippen LogP contribution is -2.35. The highest BCUT2D eigenvalue weighted by Gasteiger charge is 2.63. The molecule has 0 N–H and O–H groups in total. The summed E-state index contributed by atoms with van der Waals surface area (Å²) >= 11 is 0. The number of fused-ring (bicyclic) bond motifs is 1. The van der Waals surface area contributed by atoms with Crippen molar-refractivity contribution in [3.8, 4) is 0 Å². The van der Waals surface area contributed by atoms with Gasteiger partial charge in [0.2, 0.25) is 0 Å². The van der Waals surface area contributed by atoms with Gasteiger partial charge in [-0.05, 0) is 45.1 Å². The Morgan fingerprint density at radius 2 is 1.90 bits per heavy atom. The summed E-state index contributed by atoms with van der Waals surface area (Å²) in [5, 5.41) is 0. The molecule has 1 aliphatic heterocycles. The van der Waals surface area contributed by atoms with Gasteiger partial charge >= 0.3 is 5.97 Å². The van der Waals surface area contributed by atoms with Crippen LogP contribution >= 0.6 is 0 Å². The summed E-state index contributed by atoms with van der Waals surface area (Å²) in [6, 6.07) is 10.3. The number of carbonyl (C=O) groups excluding carboxylic acids is 1. The molecule has 1 aliphatic carbocycles. The third-order valence-corrected chi connectivity index (χ3v) is 5.02. The van der Waals surface area contributed by atoms with Crippen molar-refractivity contribution in [2.45, 2.75) is 39.2 Å². The molecule has 0 amide bonds. The van der Waals surface area contributed by atoms with Crippen molar-refractivity contribution in [3.05, 3.63) is 42.0 Å². The predicted molar refractivity (Wildman–Crippen MR) is 80.0 cm³/mol. The van der Waals surface area contributed by atoms with E-state index in [-0.39, 0.29) is 22.9 Å². The summed E-state index contributed by atoms with van der Waals surface area (Å²) in [6.07, 6.45) is 6.46. The molecular weight excluding hydrogens is 248 g/mol. The molecule has 0 radical (unpaired) electrons. The van der Waals surface area contributed by atoms with Gasteiger partial charge in [0.05, 0.1) is 5.41 Å². The second kappa shape index (κ2) is 4.47. The van der Waals surface area contributed by atoms with Gasteiger partial charge in [0.25, 0.3) is 0 Å². The summed E-state index contributed by atoms with van der Waals surface area (Å²) in [7, 11) is 0. The number of ether oxygens (including phenoxy) is 1. The van der Waals surface area contributed by atoms with Gasteiger partial charge < -0.3 is 4.74 Å². The van der Waals surface area contributed by atoms with Gasteiger partial charge in [-0.25, -0.2) is 0 Å². The Kier molecular flexibility index (Phi) is 3.00. The fourth-order valence-corrected chi connectivity index (χ4v) is 4.20. The van der Waals surface area contributed by atoms with E-state index < -0.39 is 0 Å². The molecule has 1 saturated carbocycles. The Morgan fingerprint density at radius 1 is 1.20 bits per heavy atom. The van der Waals surface area contributed by atoms with Crippen molar-refractivity contribution in [1.82, 2.24) is 0 Å². The van der Waals surface area contributed by atoms with Crippen LogP contribution < -0.4 is 0 Å². The number of cyclic esters (lactones) is 1. The van der Waals surface area contributed by atoms with Crippen LogP contribution in [0.2, 0.25) is 0 Å². The normalized spacial score (nSPS) is 35.2. The van der Waals surface area contributed by atoms with E-state index in [1.165, 1.54) is 5.56 Å². The molecule has 2 nitrogen and oxygen atoms in total. The lowest BCUT2D eigenvalue weighted by Gasteiger charge is -2.30. The first kappa shape index (κ1) is 13.4. The van der Waals surface area contributed by atoms with Crippen molar-refractivity contribution in [1.29, 1.82) is 0 Å². The molecule has 0 aromatic heterocycles. The molecule has 0 spiro atoms. The predicted octanol–water partition coefficient (Wildman–Crippen LogP) is 4.07. The highest BCUT2D eigenvalue weighted by Crippen LogP contribution is 2.58. The van der Waals surface area contributed by atoms with Gasteiger partial charge in [0.15, 0.2) is 0 Å². The maximum absolute atomic E-state index is 12.2. The smallest absolute Gasteiger partial charge is 0.312 e.